The molecule has 20 heavy (non-hydrogen) atoms. The Balaban J connectivity index is 2.07. The van der Waals surface area contributed by atoms with Crippen molar-refractivity contribution in [2.45, 2.75) is 0 Å². The summed E-state index contributed by atoms with van der Waals surface area (Å²) >= 11 is 0. The first-order valence-electron chi connectivity index (χ1n) is 6.42. The van der Waals surface area contributed by atoms with Gasteiger partial charge >= 0.3 is 0 Å². The summed E-state index contributed by atoms with van der Waals surface area (Å²) < 4.78 is 13.4. The highest BCUT2D eigenvalue weighted by atomic mass is 19.1. The smallest absolute Gasteiger partial charge is 0.223 e. The Morgan fingerprint density at radius 2 is 1.80 bits per heavy atom. The Labute approximate surface area is 117 Å². The number of nitrogens with two attached hydrogens (primary N) is 2. The normalized spacial score (nSPS) is 18.4. The number of hydrogen-bond donors (Lipinski definition) is 2. The van der Waals surface area contributed by atoms with Crippen LogP contribution in [0.25, 0.3) is 0 Å². The second-order valence-corrected chi connectivity index (χ2v) is 4.68. The minimum Gasteiger partial charge on any atom is -0.369 e. The number of hydrogen-bond acceptors (Lipinski definition) is 2. The lowest BCUT2D eigenvalue weighted by atomic mass is 10.3. The molecule has 1 fully saturated rings. The van der Waals surface area contributed by atoms with E-state index in [0.29, 0.717) is 5.96 Å². The van der Waals surface area contributed by atoms with Crippen LogP contribution >= 0.6 is 0 Å². The van der Waals surface area contributed by atoms with Gasteiger partial charge in [0.15, 0.2) is 5.96 Å². The minimum atomic E-state index is -0.441. The molecular formula is C13H19FN6. The molecule has 0 aromatic heterocycles. The molecule has 1 aromatic carbocycles. The lowest BCUT2D eigenvalue weighted by molar-refractivity contribution is 0.214. The van der Waals surface area contributed by atoms with Crippen LogP contribution in [0, 0.1) is 5.82 Å². The first-order valence-corrected chi connectivity index (χ1v) is 6.42. The van der Waals surface area contributed by atoms with Gasteiger partial charge in [-0.1, -0.05) is 12.1 Å². The summed E-state index contributed by atoms with van der Waals surface area (Å²) in [5.41, 5.74) is 11.7. The predicted octanol–water partition coefficient (Wildman–Crippen LogP) is 0.334. The molecule has 2 rings (SSSR count). The van der Waals surface area contributed by atoms with Gasteiger partial charge in [0.05, 0.1) is 0 Å². The maximum Gasteiger partial charge on any atom is 0.223 e. The molecule has 1 aliphatic heterocycles. The molecule has 7 heteroatoms. The molecule has 0 saturated carbocycles. The number of rotatable bonds is 1. The van der Waals surface area contributed by atoms with Crippen molar-refractivity contribution in [3.8, 4) is 0 Å². The summed E-state index contributed by atoms with van der Waals surface area (Å²) in [6.07, 6.45) is 0. The zero-order valence-corrected chi connectivity index (χ0v) is 11.5. The fourth-order valence-corrected chi connectivity index (χ4v) is 1.91. The zero-order valence-electron chi connectivity index (χ0n) is 11.5. The van der Waals surface area contributed by atoms with Gasteiger partial charge in [0.25, 0.3) is 0 Å². The molecule has 4 N–H and O–H groups in total. The number of para-hydroxylation sites is 1. The second-order valence-electron chi connectivity index (χ2n) is 4.68. The molecular weight excluding hydrogens is 259 g/mol. The number of nitrogens with zero attached hydrogens (tertiary/aromatic N) is 4. The summed E-state index contributed by atoms with van der Waals surface area (Å²) in [5, 5.41) is 0. The van der Waals surface area contributed by atoms with E-state index in [2.05, 4.69) is 21.9 Å². The van der Waals surface area contributed by atoms with Crippen LogP contribution in [0.2, 0.25) is 0 Å². The summed E-state index contributed by atoms with van der Waals surface area (Å²) in [7, 11) is 2.05. The summed E-state index contributed by atoms with van der Waals surface area (Å²) in [6.45, 7) is 3.42. The maximum absolute atomic E-state index is 13.4. The van der Waals surface area contributed by atoms with Crippen LogP contribution in [0.15, 0.2) is 34.3 Å². The van der Waals surface area contributed by atoms with E-state index in [-0.39, 0.29) is 11.6 Å². The monoisotopic (exact) mass is 278 g/mol. The maximum atomic E-state index is 13.4. The largest absolute Gasteiger partial charge is 0.369 e. The summed E-state index contributed by atoms with van der Waals surface area (Å²) in [6, 6.07) is 6.12. The molecule has 0 aliphatic carbocycles. The zero-order chi connectivity index (χ0) is 14.5. The SMILES string of the molecule is CN1CCN(/C(N)=N/C(N)=Nc2ccccc2F)CC1. The highest BCUT2D eigenvalue weighted by molar-refractivity contribution is 5.94. The van der Waals surface area contributed by atoms with E-state index in [4.69, 9.17) is 11.5 Å². The first-order chi connectivity index (χ1) is 9.56. The molecule has 0 radical (unpaired) electrons. The minimum absolute atomic E-state index is 0.0495. The number of guanidine groups is 2. The fourth-order valence-electron chi connectivity index (χ4n) is 1.91. The van der Waals surface area contributed by atoms with Gasteiger partial charge < -0.3 is 21.3 Å². The Morgan fingerprint density at radius 1 is 1.15 bits per heavy atom. The van der Waals surface area contributed by atoms with Crippen molar-refractivity contribution >= 4 is 17.6 Å². The topological polar surface area (TPSA) is 83.2 Å². The molecule has 1 aliphatic rings. The van der Waals surface area contributed by atoms with Crippen LogP contribution < -0.4 is 11.5 Å². The Hall–Kier alpha value is -2.15. The van der Waals surface area contributed by atoms with Gasteiger partial charge in [0.2, 0.25) is 5.96 Å². The van der Waals surface area contributed by atoms with Crippen LogP contribution in [0.5, 0.6) is 0 Å². The number of benzene rings is 1. The van der Waals surface area contributed by atoms with E-state index in [9.17, 15) is 4.39 Å². The molecule has 1 aromatic rings. The first kappa shape index (κ1) is 14.3. The van der Waals surface area contributed by atoms with Crippen LogP contribution in [-0.4, -0.2) is 54.9 Å². The number of aliphatic imine (C=N–C) groups is 2. The van der Waals surface area contributed by atoms with E-state index in [0.717, 1.165) is 26.2 Å². The average molecular weight is 278 g/mol. The summed E-state index contributed by atoms with van der Waals surface area (Å²) in [4.78, 5) is 12.1. The quantitative estimate of drug-likeness (QED) is 0.573. The molecule has 6 nitrogen and oxygen atoms in total. The summed E-state index contributed by atoms with van der Waals surface area (Å²) in [5.74, 6) is -0.175. The van der Waals surface area contributed by atoms with Crippen molar-refractivity contribution in [1.29, 1.82) is 0 Å². The van der Waals surface area contributed by atoms with E-state index in [1.807, 2.05) is 4.90 Å². The molecule has 108 valence electrons. The van der Waals surface area contributed by atoms with Crippen LogP contribution in [0.1, 0.15) is 0 Å². The molecule has 0 spiro atoms. The molecule has 0 unspecified atom stereocenters. The van der Waals surface area contributed by atoms with Crippen molar-refractivity contribution < 1.29 is 4.39 Å². The predicted molar refractivity (Wildman–Crippen MR) is 78.4 cm³/mol. The van der Waals surface area contributed by atoms with Crippen LogP contribution in [0.3, 0.4) is 0 Å². The third-order valence-electron chi connectivity index (χ3n) is 3.14. The van der Waals surface area contributed by atoms with Crippen LogP contribution in [-0.2, 0) is 0 Å². The van der Waals surface area contributed by atoms with Crippen molar-refractivity contribution in [1.82, 2.24) is 9.80 Å². The highest BCUT2D eigenvalue weighted by Gasteiger charge is 2.15. The van der Waals surface area contributed by atoms with Gasteiger partial charge in [0.1, 0.15) is 11.5 Å². The van der Waals surface area contributed by atoms with E-state index < -0.39 is 5.82 Å². The highest BCUT2D eigenvalue weighted by Crippen LogP contribution is 2.16. The van der Waals surface area contributed by atoms with Crippen LogP contribution in [0.4, 0.5) is 10.1 Å². The average Bonchev–Trinajstić information content (AvgIpc) is 2.42. The molecule has 1 heterocycles. The van der Waals surface area contributed by atoms with Gasteiger partial charge in [-0.2, -0.15) is 4.99 Å². The van der Waals surface area contributed by atoms with E-state index in [1.165, 1.54) is 12.1 Å². The van der Waals surface area contributed by atoms with Gasteiger partial charge in [-0.25, -0.2) is 9.38 Å². The third kappa shape index (κ3) is 3.67. The Bertz CT molecular complexity index is 519. The number of likely N-dealkylation sites (N-methyl/N-ethyl adjacent to an activating group) is 1. The van der Waals surface area contributed by atoms with Crippen molar-refractivity contribution in [3.63, 3.8) is 0 Å². The molecule has 0 bridgehead atoms. The van der Waals surface area contributed by atoms with Crippen molar-refractivity contribution in [2.24, 2.45) is 21.5 Å². The van der Waals surface area contributed by atoms with Gasteiger partial charge in [-0.15, -0.1) is 0 Å². The fraction of sp³-hybridized carbons (Fsp3) is 0.385. The lowest BCUT2D eigenvalue weighted by Crippen LogP contribution is -2.50. The Morgan fingerprint density at radius 3 is 2.45 bits per heavy atom. The van der Waals surface area contributed by atoms with E-state index in [1.54, 1.807) is 12.1 Å². The molecule has 0 amide bonds. The van der Waals surface area contributed by atoms with Gasteiger partial charge in [-0.05, 0) is 19.2 Å². The van der Waals surface area contributed by atoms with E-state index >= 15 is 0 Å². The van der Waals surface area contributed by atoms with Gasteiger partial charge in [0, 0.05) is 26.2 Å². The second kappa shape index (κ2) is 6.33. The van der Waals surface area contributed by atoms with Crippen molar-refractivity contribution in [2.75, 3.05) is 33.2 Å². The standard InChI is InChI=1S/C13H19FN6/c1-19-6-8-20(9-7-19)13(16)18-12(15)17-11-5-3-2-4-10(11)14/h2-5H,6-9H2,1H3,(H4,15,16,17,18). The van der Waals surface area contributed by atoms with Crippen molar-refractivity contribution in [3.05, 3.63) is 30.1 Å². The Kier molecular flexibility index (Phi) is 4.52. The molecule has 0 atom stereocenters. The lowest BCUT2D eigenvalue weighted by Gasteiger charge is -2.32. The number of halogens is 1. The molecule has 1 saturated heterocycles. The third-order valence-corrected chi connectivity index (χ3v) is 3.14. The number of piperazine rings is 1. The van der Waals surface area contributed by atoms with Gasteiger partial charge in [-0.3, -0.25) is 0 Å².